The molecule has 1 rings (SSSR count). The van der Waals surface area contributed by atoms with Crippen LogP contribution in [0.15, 0.2) is 0 Å². The molecule has 1 fully saturated rings. The van der Waals surface area contributed by atoms with Gasteiger partial charge in [0.1, 0.15) is 0 Å². The Balaban J connectivity index is 2.46. The van der Waals surface area contributed by atoms with Crippen LogP contribution in [-0.4, -0.2) is 59.1 Å². The summed E-state index contributed by atoms with van der Waals surface area (Å²) < 4.78 is 0. The molecule has 0 aliphatic carbocycles. The van der Waals surface area contributed by atoms with E-state index in [2.05, 4.69) is 30.6 Å². The van der Waals surface area contributed by atoms with Crippen molar-refractivity contribution in [1.82, 2.24) is 9.80 Å². The molecule has 0 amide bonds. The summed E-state index contributed by atoms with van der Waals surface area (Å²) >= 11 is 0. The number of carboxylic acids is 1. The zero-order chi connectivity index (χ0) is 13.1. The van der Waals surface area contributed by atoms with Gasteiger partial charge in [-0.05, 0) is 47.2 Å². The number of likely N-dealkylation sites (N-methyl/N-ethyl adjacent to an activating group) is 1. The third-order valence-electron chi connectivity index (χ3n) is 3.65. The molecule has 1 atom stereocenters. The van der Waals surface area contributed by atoms with Crippen molar-refractivity contribution in [3.05, 3.63) is 0 Å². The van der Waals surface area contributed by atoms with Crippen LogP contribution in [0, 0.1) is 0 Å². The van der Waals surface area contributed by atoms with Crippen LogP contribution in [0.4, 0.5) is 0 Å². The van der Waals surface area contributed by atoms with Gasteiger partial charge in [0.05, 0.1) is 6.42 Å². The number of rotatable bonds is 4. The van der Waals surface area contributed by atoms with Crippen LogP contribution in [0.2, 0.25) is 0 Å². The molecule has 100 valence electrons. The van der Waals surface area contributed by atoms with Crippen molar-refractivity contribution in [1.29, 1.82) is 0 Å². The van der Waals surface area contributed by atoms with Gasteiger partial charge in [0.2, 0.25) is 0 Å². The Bertz CT molecular complexity index is 261. The van der Waals surface area contributed by atoms with Gasteiger partial charge in [0.15, 0.2) is 0 Å². The van der Waals surface area contributed by atoms with Crippen molar-refractivity contribution < 1.29 is 9.90 Å². The van der Waals surface area contributed by atoms with E-state index in [1.54, 1.807) is 0 Å². The van der Waals surface area contributed by atoms with Crippen LogP contribution in [-0.2, 0) is 4.79 Å². The molecule has 4 heteroatoms. The Morgan fingerprint density at radius 3 is 2.65 bits per heavy atom. The molecule has 1 heterocycles. The maximum absolute atomic E-state index is 10.6. The van der Waals surface area contributed by atoms with Gasteiger partial charge in [0, 0.05) is 24.7 Å². The van der Waals surface area contributed by atoms with Gasteiger partial charge in [-0.1, -0.05) is 0 Å². The number of carbonyl (C=O) groups is 1. The van der Waals surface area contributed by atoms with Gasteiger partial charge in [-0.15, -0.1) is 0 Å². The second-order valence-electron chi connectivity index (χ2n) is 6.04. The van der Waals surface area contributed by atoms with Crippen molar-refractivity contribution in [2.45, 2.75) is 51.6 Å². The fourth-order valence-electron chi connectivity index (χ4n) is 2.38. The molecule has 1 saturated heterocycles. The summed E-state index contributed by atoms with van der Waals surface area (Å²) in [7, 11) is 2.04. The monoisotopic (exact) mass is 242 g/mol. The van der Waals surface area contributed by atoms with E-state index in [4.69, 9.17) is 5.11 Å². The lowest BCUT2D eigenvalue weighted by Gasteiger charge is -2.44. The molecule has 1 N–H and O–H groups in total. The molecule has 1 aliphatic rings. The minimum Gasteiger partial charge on any atom is -0.481 e. The van der Waals surface area contributed by atoms with E-state index in [0.29, 0.717) is 12.6 Å². The standard InChI is InChI=1S/C13H26N2O2/c1-13(2,3)15-8-5-6-11(10-15)14(4)9-7-12(16)17/h11H,5-10H2,1-4H3,(H,16,17). The summed E-state index contributed by atoms with van der Waals surface area (Å²) in [6, 6.07) is 0.502. The Morgan fingerprint density at radius 1 is 1.47 bits per heavy atom. The van der Waals surface area contributed by atoms with Crippen molar-refractivity contribution in [2.24, 2.45) is 0 Å². The van der Waals surface area contributed by atoms with Gasteiger partial charge < -0.3 is 10.0 Å². The highest BCUT2D eigenvalue weighted by atomic mass is 16.4. The highest BCUT2D eigenvalue weighted by molar-refractivity contribution is 5.66. The number of aliphatic carboxylic acids is 1. The van der Waals surface area contributed by atoms with Crippen molar-refractivity contribution >= 4 is 5.97 Å². The highest BCUT2D eigenvalue weighted by Gasteiger charge is 2.29. The fraction of sp³-hybridized carbons (Fsp3) is 0.923. The first-order valence-electron chi connectivity index (χ1n) is 6.48. The predicted molar refractivity (Wildman–Crippen MR) is 69.2 cm³/mol. The molecule has 4 nitrogen and oxygen atoms in total. The first-order valence-corrected chi connectivity index (χ1v) is 6.48. The minimum atomic E-state index is -0.708. The van der Waals surface area contributed by atoms with E-state index in [-0.39, 0.29) is 12.0 Å². The molecule has 17 heavy (non-hydrogen) atoms. The zero-order valence-electron chi connectivity index (χ0n) is 11.6. The van der Waals surface area contributed by atoms with Crippen LogP contribution >= 0.6 is 0 Å². The Hall–Kier alpha value is -0.610. The Labute approximate surface area is 105 Å². The van der Waals surface area contributed by atoms with Crippen LogP contribution < -0.4 is 0 Å². The summed E-state index contributed by atoms with van der Waals surface area (Å²) in [6.45, 7) is 9.59. The second kappa shape index (κ2) is 5.83. The minimum absolute atomic E-state index is 0.215. The van der Waals surface area contributed by atoms with E-state index in [1.165, 1.54) is 12.8 Å². The molecular formula is C13H26N2O2. The summed E-state index contributed by atoms with van der Waals surface area (Å²) in [6.07, 6.45) is 2.63. The average molecular weight is 242 g/mol. The van der Waals surface area contributed by atoms with Gasteiger partial charge in [0.25, 0.3) is 0 Å². The summed E-state index contributed by atoms with van der Waals surface area (Å²) in [5, 5.41) is 8.70. The molecule has 0 aromatic rings. The first kappa shape index (κ1) is 14.5. The number of hydrogen-bond donors (Lipinski definition) is 1. The lowest BCUT2D eigenvalue weighted by atomic mass is 9.97. The van der Waals surface area contributed by atoms with Crippen molar-refractivity contribution in [3.8, 4) is 0 Å². The summed E-state index contributed by atoms with van der Waals surface area (Å²) in [5.74, 6) is -0.708. The molecule has 0 spiro atoms. The molecular weight excluding hydrogens is 216 g/mol. The lowest BCUT2D eigenvalue weighted by Crippen LogP contribution is -2.53. The first-order chi connectivity index (χ1) is 7.80. The second-order valence-corrected chi connectivity index (χ2v) is 6.04. The fourth-order valence-corrected chi connectivity index (χ4v) is 2.38. The van der Waals surface area contributed by atoms with Crippen LogP contribution in [0.3, 0.4) is 0 Å². The third-order valence-corrected chi connectivity index (χ3v) is 3.65. The molecule has 1 aliphatic heterocycles. The summed E-state index contributed by atoms with van der Waals surface area (Å²) in [4.78, 5) is 15.3. The van der Waals surface area contributed by atoms with E-state index in [9.17, 15) is 4.79 Å². The Morgan fingerprint density at radius 2 is 2.12 bits per heavy atom. The average Bonchev–Trinajstić information content (AvgIpc) is 2.25. The lowest BCUT2D eigenvalue weighted by molar-refractivity contribution is -0.137. The highest BCUT2D eigenvalue weighted by Crippen LogP contribution is 2.22. The molecule has 0 radical (unpaired) electrons. The van der Waals surface area contributed by atoms with E-state index in [0.717, 1.165) is 13.1 Å². The van der Waals surface area contributed by atoms with Crippen molar-refractivity contribution in [2.75, 3.05) is 26.7 Å². The third kappa shape index (κ3) is 4.64. The normalized spacial score (nSPS) is 23.0. The van der Waals surface area contributed by atoms with E-state index < -0.39 is 5.97 Å². The van der Waals surface area contributed by atoms with Gasteiger partial charge in [-0.2, -0.15) is 0 Å². The van der Waals surface area contributed by atoms with Crippen LogP contribution in [0.5, 0.6) is 0 Å². The number of piperidine rings is 1. The maximum atomic E-state index is 10.6. The quantitative estimate of drug-likeness (QED) is 0.814. The molecule has 1 unspecified atom stereocenters. The predicted octanol–water partition coefficient (Wildman–Crippen LogP) is 1.66. The molecule has 0 aromatic carbocycles. The molecule has 0 aromatic heterocycles. The Kier molecular flexibility index (Phi) is 4.95. The largest absolute Gasteiger partial charge is 0.481 e. The number of nitrogens with zero attached hydrogens (tertiary/aromatic N) is 2. The van der Waals surface area contributed by atoms with Crippen LogP contribution in [0.1, 0.15) is 40.0 Å². The van der Waals surface area contributed by atoms with Gasteiger partial charge in [-0.25, -0.2) is 0 Å². The van der Waals surface area contributed by atoms with Gasteiger partial charge >= 0.3 is 5.97 Å². The zero-order valence-corrected chi connectivity index (χ0v) is 11.6. The number of carboxylic acid groups (broad SMARTS) is 1. The molecule has 0 bridgehead atoms. The smallest absolute Gasteiger partial charge is 0.304 e. The van der Waals surface area contributed by atoms with Crippen LogP contribution in [0.25, 0.3) is 0 Å². The number of likely N-dealkylation sites (tertiary alicyclic amines) is 1. The number of hydrogen-bond acceptors (Lipinski definition) is 3. The SMILES string of the molecule is CN(CCC(=O)O)C1CCCN(C(C)(C)C)C1. The maximum Gasteiger partial charge on any atom is 0.304 e. The topological polar surface area (TPSA) is 43.8 Å². The van der Waals surface area contributed by atoms with Gasteiger partial charge in [-0.3, -0.25) is 9.69 Å². The molecule has 0 saturated carbocycles. The summed E-state index contributed by atoms with van der Waals surface area (Å²) in [5.41, 5.74) is 0.215. The van der Waals surface area contributed by atoms with E-state index >= 15 is 0 Å². The van der Waals surface area contributed by atoms with E-state index in [1.807, 2.05) is 7.05 Å². The van der Waals surface area contributed by atoms with Crippen molar-refractivity contribution in [3.63, 3.8) is 0 Å².